The number of piperazine rings is 1. The summed E-state index contributed by atoms with van der Waals surface area (Å²) < 4.78 is 18.7. The van der Waals surface area contributed by atoms with Gasteiger partial charge in [-0.3, -0.25) is 4.90 Å². The maximum absolute atomic E-state index is 13.3. The molecule has 0 bridgehead atoms. The summed E-state index contributed by atoms with van der Waals surface area (Å²) in [6.07, 6.45) is -1.54. The maximum Gasteiger partial charge on any atom is 0.410 e. The van der Waals surface area contributed by atoms with Crippen LogP contribution in [0.2, 0.25) is 0 Å². The number of carboxylic acid groups (broad SMARTS) is 1. The molecule has 6 nitrogen and oxygen atoms in total. The van der Waals surface area contributed by atoms with Gasteiger partial charge in [-0.1, -0.05) is 6.07 Å². The predicted octanol–water partition coefficient (Wildman–Crippen LogP) is 3.41. The zero-order chi connectivity index (χ0) is 18.1. The number of hydrogen-bond acceptors (Lipinski definition) is 3. The fourth-order valence-corrected chi connectivity index (χ4v) is 2.78. The van der Waals surface area contributed by atoms with E-state index < -0.39 is 23.8 Å². The summed E-state index contributed by atoms with van der Waals surface area (Å²) in [7, 11) is 0. The van der Waals surface area contributed by atoms with Crippen LogP contribution in [0.1, 0.15) is 37.9 Å². The standard InChI is InChI=1S/C17H23FN2O4/c1-11-9-12(18)5-6-13(11)14-10-19(7-8-20(14)15(21)22)16(23)24-17(2,3)4/h5-6,9,14H,7-8,10H2,1-4H3,(H,21,22). The number of rotatable bonds is 1. The van der Waals surface area contributed by atoms with Crippen LogP contribution in [0, 0.1) is 12.7 Å². The van der Waals surface area contributed by atoms with Gasteiger partial charge in [-0.25, -0.2) is 14.0 Å². The minimum atomic E-state index is -1.06. The second-order valence-electron chi connectivity index (χ2n) is 6.92. The Morgan fingerprint density at radius 2 is 1.96 bits per heavy atom. The van der Waals surface area contributed by atoms with E-state index >= 15 is 0 Å². The lowest BCUT2D eigenvalue weighted by molar-refractivity contribution is 0.00502. The maximum atomic E-state index is 13.3. The van der Waals surface area contributed by atoms with Crippen molar-refractivity contribution in [3.63, 3.8) is 0 Å². The van der Waals surface area contributed by atoms with Crippen LogP contribution in [-0.2, 0) is 4.74 Å². The van der Waals surface area contributed by atoms with Gasteiger partial charge in [0.15, 0.2) is 0 Å². The monoisotopic (exact) mass is 338 g/mol. The molecule has 2 rings (SSSR count). The third kappa shape index (κ3) is 4.15. The van der Waals surface area contributed by atoms with E-state index in [-0.39, 0.29) is 25.5 Å². The molecule has 0 spiro atoms. The Labute approximate surface area is 140 Å². The number of hydrogen-bond donors (Lipinski definition) is 1. The van der Waals surface area contributed by atoms with Crippen LogP contribution < -0.4 is 0 Å². The minimum absolute atomic E-state index is 0.174. The van der Waals surface area contributed by atoms with Gasteiger partial charge in [-0.2, -0.15) is 0 Å². The van der Waals surface area contributed by atoms with Crippen molar-refractivity contribution in [3.05, 3.63) is 35.1 Å². The number of carbonyl (C=O) groups is 2. The van der Waals surface area contributed by atoms with Gasteiger partial charge in [0.1, 0.15) is 11.4 Å². The first-order valence-electron chi connectivity index (χ1n) is 7.82. The normalized spacial score (nSPS) is 18.5. The number of nitrogens with zero attached hydrogens (tertiary/aromatic N) is 2. The Kier molecular flexibility index (Phi) is 5.01. The molecule has 1 N–H and O–H groups in total. The predicted molar refractivity (Wildman–Crippen MR) is 86.4 cm³/mol. The molecule has 1 aromatic carbocycles. The number of carbonyl (C=O) groups excluding carboxylic acids is 1. The molecule has 7 heteroatoms. The molecule has 0 aromatic heterocycles. The third-order valence-electron chi connectivity index (χ3n) is 3.87. The summed E-state index contributed by atoms with van der Waals surface area (Å²) in [5, 5.41) is 9.44. The molecule has 1 aliphatic rings. The minimum Gasteiger partial charge on any atom is -0.465 e. The van der Waals surface area contributed by atoms with Crippen molar-refractivity contribution in [2.45, 2.75) is 39.3 Å². The first-order valence-corrected chi connectivity index (χ1v) is 7.82. The Hall–Kier alpha value is -2.31. The van der Waals surface area contributed by atoms with Crippen LogP contribution in [0.4, 0.5) is 14.0 Å². The molecule has 1 unspecified atom stereocenters. The van der Waals surface area contributed by atoms with Crippen molar-refractivity contribution in [3.8, 4) is 0 Å². The average molecular weight is 338 g/mol. The fourth-order valence-electron chi connectivity index (χ4n) is 2.78. The number of benzene rings is 1. The van der Waals surface area contributed by atoms with Gasteiger partial charge in [0.2, 0.25) is 0 Å². The molecule has 1 heterocycles. The van der Waals surface area contributed by atoms with Crippen molar-refractivity contribution >= 4 is 12.2 Å². The smallest absolute Gasteiger partial charge is 0.410 e. The first kappa shape index (κ1) is 18.0. The molecule has 0 radical (unpaired) electrons. The van der Waals surface area contributed by atoms with Gasteiger partial charge in [-0.15, -0.1) is 0 Å². The fraction of sp³-hybridized carbons (Fsp3) is 0.529. The van der Waals surface area contributed by atoms with E-state index in [1.54, 1.807) is 33.8 Å². The van der Waals surface area contributed by atoms with Crippen molar-refractivity contribution < 1.29 is 23.8 Å². The van der Waals surface area contributed by atoms with Crippen molar-refractivity contribution in [2.75, 3.05) is 19.6 Å². The van der Waals surface area contributed by atoms with Crippen LogP contribution in [0.25, 0.3) is 0 Å². The summed E-state index contributed by atoms with van der Waals surface area (Å²) in [6, 6.07) is 3.69. The van der Waals surface area contributed by atoms with Crippen LogP contribution in [0.3, 0.4) is 0 Å². The second-order valence-corrected chi connectivity index (χ2v) is 6.92. The molecular weight excluding hydrogens is 315 g/mol. The van der Waals surface area contributed by atoms with Crippen LogP contribution in [-0.4, -0.2) is 52.3 Å². The van der Waals surface area contributed by atoms with E-state index in [0.29, 0.717) is 11.1 Å². The quantitative estimate of drug-likeness (QED) is 0.852. The zero-order valence-corrected chi connectivity index (χ0v) is 14.4. The molecule has 0 saturated carbocycles. The lowest BCUT2D eigenvalue weighted by Crippen LogP contribution is -2.53. The van der Waals surface area contributed by atoms with E-state index in [9.17, 15) is 19.1 Å². The Balaban J connectivity index is 2.27. The third-order valence-corrected chi connectivity index (χ3v) is 3.87. The first-order chi connectivity index (χ1) is 11.1. The SMILES string of the molecule is Cc1cc(F)ccc1C1CN(C(=O)OC(C)(C)C)CCN1C(=O)O. The number of aryl methyl sites for hydroxylation is 1. The molecule has 1 aliphatic heterocycles. The second kappa shape index (κ2) is 6.67. The van der Waals surface area contributed by atoms with Gasteiger partial charge in [0, 0.05) is 19.6 Å². The molecule has 1 saturated heterocycles. The highest BCUT2D eigenvalue weighted by atomic mass is 19.1. The highest BCUT2D eigenvalue weighted by Gasteiger charge is 2.35. The molecule has 1 fully saturated rings. The molecule has 1 aromatic rings. The molecule has 132 valence electrons. The van der Waals surface area contributed by atoms with Gasteiger partial charge in [0.25, 0.3) is 0 Å². The van der Waals surface area contributed by atoms with E-state index in [1.807, 2.05) is 0 Å². The van der Waals surface area contributed by atoms with Crippen LogP contribution in [0.5, 0.6) is 0 Å². The Bertz CT molecular complexity index is 642. The number of ether oxygens (including phenoxy) is 1. The van der Waals surface area contributed by atoms with Crippen molar-refractivity contribution in [2.24, 2.45) is 0 Å². The summed E-state index contributed by atoms with van der Waals surface area (Å²) in [5.74, 6) is -0.377. The van der Waals surface area contributed by atoms with Gasteiger partial charge in [-0.05, 0) is 51.0 Å². The Morgan fingerprint density at radius 1 is 1.29 bits per heavy atom. The van der Waals surface area contributed by atoms with E-state index in [2.05, 4.69) is 0 Å². The van der Waals surface area contributed by atoms with Gasteiger partial charge in [0.05, 0.1) is 6.04 Å². The summed E-state index contributed by atoms with van der Waals surface area (Å²) in [4.78, 5) is 26.6. The largest absolute Gasteiger partial charge is 0.465 e. The lowest BCUT2D eigenvalue weighted by atomic mass is 9.98. The van der Waals surface area contributed by atoms with Gasteiger partial charge < -0.3 is 14.7 Å². The lowest BCUT2D eigenvalue weighted by Gasteiger charge is -2.40. The highest BCUT2D eigenvalue weighted by molar-refractivity contribution is 5.70. The number of halogens is 1. The Morgan fingerprint density at radius 3 is 2.50 bits per heavy atom. The topological polar surface area (TPSA) is 70.1 Å². The molecule has 2 amide bonds. The highest BCUT2D eigenvalue weighted by Crippen LogP contribution is 2.29. The molecule has 1 atom stereocenters. The summed E-state index contributed by atoms with van der Waals surface area (Å²) in [5.41, 5.74) is 0.715. The average Bonchev–Trinajstić information content (AvgIpc) is 2.44. The molecule has 0 aliphatic carbocycles. The molecular formula is C17H23FN2O4. The van der Waals surface area contributed by atoms with E-state index in [4.69, 9.17) is 4.74 Å². The van der Waals surface area contributed by atoms with Crippen LogP contribution in [0.15, 0.2) is 18.2 Å². The van der Waals surface area contributed by atoms with Crippen LogP contribution >= 0.6 is 0 Å². The zero-order valence-electron chi connectivity index (χ0n) is 14.4. The van der Waals surface area contributed by atoms with Crippen molar-refractivity contribution in [1.82, 2.24) is 9.80 Å². The molecule has 24 heavy (non-hydrogen) atoms. The van der Waals surface area contributed by atoms with Crippen molar-refractivity contribution in [1.29, 1.82) is 0 Å². The van der Waals surface area contributed by atoms with E-state index in [0.717, 1.165) is 0 Å². The summed E-state index contributed by atoms with van der Waals surface area (Å²) >= 11 is 0. The van der Waals surface area contributed by atoms with Gasteiger partial charge >= 0.3 is 12.2 Å². The summed E-state index contributed by atoms with van der Waals surface area (Å²) in [6.45, 7) is 7.67. The van der Waals surface area contributed by atoms with E-state index in [1.165, 1.54) is 21.9 Å². The number of amides is 2.